The van der Waals surface area contributed by atoms with E-state index in [4.69, 9.17) is 15.3 Å². The van der Waals surface area contributed by atoms with Crippen LogP contribution in [0.5, 0.6) is 0 Å². The fourth-order valence-corrected chi connectivity index (χ4v) is 12.2. The van der Waals surface area contributed by atoms with Gasteiger partial charge in [0, 0.05) is 53.6 Å². The maximum Gasteiger partial charge on any atom is 0.329 e. The van der Waals surface area contributed by atoms with E-state index >= 15 is 0 Å². The number of rotatable bonds is 20. The molecule has 11 N–H and O–H groups in total. The van der Waals surface area contributed by atoms with Crippen LogP contribution in [-0.2, 0) is 59.2 Å². The molecule has 32 nitrogen and oxygen atoms in total. The van der Waals surface area contributed by atoms with E-state index in [0.29, 0.717) is 93.4 Å². The molecule has 572 valence electrons. The summed E-state index contributed by atoms with van der Waals surface area (Å²) in [6.07, 6.45) is 0.758. The standard InChI is InChI=1S/C21H17FN4O4.C20H17FN4O6.C20H15FN4O5.C16H10FN3O2/c1-11(27)8-17-20(29)26(21(30)23-17)18-10-12(6-7-15(18)22)9-16-13-4-2-3-5-14(13)19(28)25-24-16;21-13-6-5-10(7-14-11-3-1-2-4-12(11)18(28)25-24-14)8-15(13)22-20(31)23-16(19(29)30)9-17(26)27;21-13-6-5-10(7-14-11-3-1-2-4-12(11)18(28)24-23-14)8-16(13)25-19(29)15(9-17(26)27)22-20(25)30;17-13-6-5-10(8-15(13)18-9-21)7-14-11-3-1-2-4-12(11)16(22)20-19-14/h2-7,10,17H,8-9H2,1H3,(H,23,30)(H,25,28);1-6,8,16H,7,9H2,(H,25,28)(H,26,27)(H,29,30)(H2,22,23,31);1-6,8,15H,7,9H2,(H,22,30)(H,24,28)(H,26,27);1-6,8H,7H2,(H,20,22). The van der Waals surface area contributed by atoms with Crippen molar-refractivity contribution in [2.24, 2.45) is 4.99 Å². The Morgan fingerprint density at radius 1 is 0.460 bits per heavy atom. The number of Topliss-reactive ketones (excluding diaryl/α,β-unsaturated/α-hetero) is 1. The molecule has 0 bridgehead atoms. The number of fused-ring (bicyclic) bond motifs is 4. The number of imide groups is 2. The first-order valence-corrected chi connectivity index (χ1v) is 33.7. The van der Waals surface area contributed by atoms with Crippen LogP contribution in [-0.4, -0.2) is 134 Å². The molecule has 113 heavy (non-hydrogen) atoms. The number of hydrogen-bond donors (Lipinski definition) is 11. The Bertz CT molecular complexity index is 5970. The maximum absolute atomic E-state index is 14.5. The third kappa shape index (κ3) is 18.6. The number of isocyanates is 1. The number of carbonyl (C=O) groups is 9. The minimum absolute atomic E-state index is 0.0683. The van der Waals surface area contributed by atoms with E-state index in [-0.39, 0.29) is 76.5 Å². The molecular weight excluding hydrogens is 1480 g/mol. The summed E-state index contributed by atoms with van der Waals surface area (Å²) in [5.41, 5.74) is 2.66. The second-order valence-corrected chi connectivity index (χ2v) is 25.2. The van der Waals surface area contributed by atoms with Gasteiger partial charge in [-0.3, -0.25) is 43.2 Å². The summed E-state index contributed by atoms with van der Waals surface area (Å²) in [7, 11) is 0. The monoisotopic (exact) mass is 1540 g/mol. The van der Waals surface area contributed by atoms with Crippen molar-refractivity contribution < 1.29 is 80.8 Å². The molecular formula is C77H59F4N15O17. The summed E-state index contributed by atoms with van der Waals surface area (Å²) in [4.78, 5) is 168. The van der Waals surface area contributed by atoms with Gasteiger partial charge in [0.05, 0.1) is 74.2 Å². The highest BCUT2D eigenvalue weighted by molar-refractivity contribution is 6.23. The lowest BCUT2D eigenvalue weighted by molar-refractivity contribution is -0.145. The number of urea groups is 3. The van der Waals surface area contributed by atoms with Gasteiger partial charge in [0.25, 0.3) is 34.1 Å². The van der Waals surface area contributed by atoms with Crippen LogP contribution < -0.4 is 53.3 Å². The number of hydrogen-bond acceptors (Lipinski definition) is 19. The first-order chi connectivity index (χ1) is 54.1. The number of amides is 8. The summed E-state index contributed by atoms with van der Waals surface area (Å²) in [6, 6.07) is 37.3. The molecule has 8 aromatic carbocycles. The fraction of sp³-hybridized carbons (Fsp3) is 0.143. The summed E-state index contributed by atoms with van der Waals surface area (Å²) in [5, 5.41) is 66.0. The van der Waals surface area contributed by atoms with Crippen LogP contribution in [0, 0.1) is 23.3 Å². The smallest absolute Gasteiger partial charge is 0.329 e. The number of aliphatic imine (C=N–C) groups is 1. The predicted octanol–water partition coefficient (Wildman–Crippen LogP) is 7.93. The number of ketones is 1. The van der Waals surface area contributed by atoms with E-state index < -0.39 is 102 Å². The zero-order valence-corrected chi connectivity index (χ0v) is 58.5. The van der Waals surface area contributed by atoms with Gasteiger partial charge >= 0.3 is 36.0 Å². The Kier molecular flexibility index (Phi) is 24.2. The first-order valence-electron chi connectivity index (χ1n) is 33.7. The molecule has 0 aliphatic carbocycles. The van der Waals surface area contributed by atoms with Crippen LogP contribution in [0.3, 0.4) is 0 Å². The van der Waals surface area contributed by atoms with Crippen molar-refractivity contribution in [1.29, 1.82) is 0 Å². The lowest BCUT2D eigenvalue weighted by atomic mass is 10.0. The van der Waals surface area contributed by atoms with E-state index in [2.05, 4.69) is 61.7 Å². The fourth-order valence-electron chi connectivity index (χ4n) is 12.2. The molecule has 0 saturated carbocycles. The van der Waals surface area contributed by atoms with Crippen molar-refractivity contribution in [2.75, 3.05) is 15.1 Å². The van der Waals surface area contributed by atoms with E-state index in [9.17, 15) is 84.7 Å². The molecule has 8 amide bonds. The highest BCUT2D eigenvalue weighted by Gasteiger charge is 2.42. The van der Waals surface area contributed by atoms with Gasteiger partial charge < -0.3 is 36.6 Å². The summed E-state index contributed by atoms with van der Waals surface area (Å²) in [6.45, 7) is 1.31. The predicted molar refractivity (Wildman–Crippen MR) is 397 cm³/mol. The van der Waals surface area contributed by atoms with Crippen LogP contribution >= 0.6 is 0 Å². The average Bonchev–Trinajstić information content (AvgIpc) is 1.72. The molecule has 36 heteroatoms. The van der Waals surface area contributed by atoms with Crippen LogP contribution in [0.4, 0.5) is 54.7 Å². The quantitative estimate of drug-likeness (QED) is 0.0149. The molecule has 0 radical (unpaired) electrons. The van der Waals surface area contributed by atoms with Gasteiger partial charge in [-0.15, -0.1) is 0 Å². The van der Waals surface area contributed by atoms with Gasteiger partial charge in [-0.2, -0.15) is 25.4 Å². The van der Waals surface area contributed by atoms with Crippen molar-refractivity contribution in [3.63, 3.8) is 0 Å². The normalized spacial score (nSPS) is 13.8. The van der Waals surface area contributed by atoms with Crippen molar-refractivity contribution in [3.05, 3.63) is 280 Å². The second-order valence-electron chi connectivity index (χ2n) is 25.2. The number of anilines is 3. The summed E-state index contributed by atoms with van der Waals surface area (Å²) in [5.74, 6) is -8.92. The molecule has 3 atom stereocenters. The molecule has 3 unspecified atom stereocenters. The zero-order valence-electron chi connectivity index (χ0n) is 58.5. The molecule has 2 aliphatic heterocycles. The van der Waals surface area contributed by atoms with E-state index in [1.54, 1.807) is 97.1 Å². The molecule has 14 rings (SSSR count). The average molecular weight is 1540 g/mol. The third-order valence-electron chi connectivity index (χ3n) is 17.4. The molecule has 0 spiro atoms. The minimum atomic E-state index is -1.68. The Labute approximate surface area is 630 Å². The lowest BCUT2D eigenvalue weighted by Crippen LogP contribution is -2.44. The zero-order chi connectivity index (χ0) is 80.9. The molecule has 6 heterocycles. The molecule has 2 fully saturated rings. The van der Waals surface area contributed by atoms with Gasteiger partial charge in [-0.25, -0.2) is 71.7 Å². The largest absolute Gasteiger partial charge is 0.481 e. The number of aliphatic carboxylic acids is 3. The minimum Gasteiger partial charge on any atom is -0.481 e. The van der Waals surface area contributed by atoms with Crippen molar-refractivity contribution in [1.82, 2.24) is 56.7 Å². The molecule has 2 saturated heterocycles. The van der Waals surface area contributed by atoms with Gasteiger partial charge in [0.15, 0.2) is 0 Å². The Morgan fingerprint density at radius 3 is 1.16 bits per heavy atom. The number of carboxylic acid groups (broad SMARTS) is 3. The van der Waals surface area contributed by atoms with Gasteiger partial charge in [-0.1, -0.05) is 97.1 Å². The number of nitrogens with zero attached hydrogens (tertiary/aromatic N) is 7. The Balaban J connectivity index is 0.000000150. The number of aromatic nitrogens is 8. The number of H-pyrrole nitrogens is 4. The highest BCUT2D eigenvalue weighted by atomic mass is 19.1. The number of carbonyl (C=O) groups excluding carboxylic acids is 7. The van der Waals surface area contributed by atoms with E-state index in [1.165, 1.54) is 61.5 Å². The lowest BCUT2D eigenvalue weighted by Gasteiger charge is -2.15. The van der Waals surface area contributed by atoms with Gasteiger partial charge in [0.2, 0.25) is 6.08 Å². The molecule has 2 aliphatic rings. The maximum atomic E-state index is 14.5. The van der Waals surface area contributed by atoms with E-state index in [1.807, 2.05) is 11.4 Å². The topological polar surface area (TPSA) is 481 Å². The van der Waals surface area contributed by atoms with Crippen LogP contribution in [0.25, 0.3) is 43.1 Å². The van der Waals surface area contributed by atoms with Crippen LogP contribution in [0.15, 0.2) is 194 Å². The number of nitrogens with one attached hydrogen (secondary N) is 8. The van der Waals surface area contributed by atoms with Crippen LogP contribution in [0.2, 0.25) is 0 Å². The summed E-state index contributed by atoms with van der Waals surface area (Å²) >= 11 is 0. The highest BCUT2D eigenvalue weighted by Crippen LogP contribution is 2.31. The Hall–Kier alpha value is -15.4. The molecule has 4 aromatic heterocycles. The van der Waals surface area contributed by atoms with Crippen molar-refractivity contribution in [3.8, 4) is 0 Å². The Morgan fingerprint density at radius 2 is 0.805 bits per heavy atom. The second kappa shape index (κ2) is 34.7. The molecule has 12 aromatic rings. The number of halogens is 4. The van der Waals surface area contributed by atoms with Crippen molar-refractivity contribution >= 4 is 126 Å². The third-order valence-corrected chi connectivity index (χ3v) is 17.4. The SMILES string of the molecule is CC(=O)CC1NC(=O)N(c2cc(Cc3n[nH]c(=O)c4ccccc34)ccc2F)C1=O.O=C(O)CC(NC(=O)Nc1cc(Cc2n[nH]c(=O)c3ccccc23)ccc1F)C(=O)O.O=C(O)CC1NC(=O)N(c2cc(Cc3n[nH]c(=O)c4ccccc34)ccc2F)C1=O.O=C=Nc1cc(Cc2n[nH]c(=O)c3ccccc23)ccc1F. The van der Waals surface area contributed by atoms with Crippen LogP contribution in [0.1, 0.15) is 71.2 Å². The van der Waals surface area contributed by atoms with Gasteiger partial charge in [-0.05, 0) is 102 Å². The number of benzene rings is 8. The number of aromatic amines is 4. The van der Waals surface area contributed by atoms with Gasteiger partial charge in [0.1, 0.15) is 52.9 Å². The first kappa shape index (κ1) is 78.7. The van der Waals surface area contributed by atoms with E-state index in [0.717, 1.165) is 29.1 Å². The summed E-state index contributed by atoms with van der Waals surface area (Å²) < 4.78 is 56.6. The van der Waals surface area contributed by atoms with Crippen molar-refractivity contribution in [2.45, 2.75) is 70.0 Å². The number of carboxylic acids is 3.